The number of carbonyl (C=O) groups excluding carboxylic acids is 2. The Hall–Kier alpha value is -5.02. The van der Waals surface area contributed by atoms with Crippen molar-refractivity contribution >= 4 is 17.5 Å². The molecule has 1 fully saturated rings. The zero-order valence-electron chi connectivity index (χ0n) is 24.3. The second-order valence-electron chi connectivity index (χ2n) is 10.1. The zero-order chi connectivity index (χ0) is 30.2. The van der Waals surface area contributed by atoms with Gasteiger partial charge in [-0.2, -0.15) is 0 Å². The zero-order valence-corrected chi connectivity index (χ0v) is 24.3. The lowest BCUT2D eigenvalue weighted by Gasteiger charge is -2.40. The fraction of sp³-hybridized carbons (Fsp3) is 0.235. The highest BCUT2D eigenvalue weighted by Crippen LogP contribution is 2.34. The molecular formula is C34H35N3O6. The summed E-state index contributed by atoms with van der Waals surface area (Å²) < 4.78 is 23.2. The van der Waals surface area contributed by atoms with Crippen molar-refractivity contribution in [2.75, 3.05) is 39.6 Å². The minimum atomic E-state index is -0.679. The molecule has 0 aliphatic carbocycles. The van der Waals surface area contributed by atoms with Crippen molar-refractivity contribution in [2.24, 2.45) is 0 Å². The van der Waals surface area contributed by atoms with Gasteiger partial charge in [0.1, 0.15) is 25.2 Å². The van der Waals surface area contributed by atoms with Crippen molar-refractivity contribution < 1.29 is 28.5 Å². The van der Waals surface area contributed by atoms with Gasteiger partial charge < -0.3 is 34.5 Å². The van der Waals surface area contributed by atoms with E-state index in [1.807, 2.05) is 66.7 Å². The molecule has 5 rings (SSSR count). The summed E-state index contributed by atoms with van der Waals surface area (Å²) >= 11 is 0. The van der Waals surface area contributed by atoms with Gasteiger partial charge in [-0.15, -0.1) is 0 Å². The van der Waals surface area contributed by atoms with E-state index >= 15 is 0 Å². The van der Waals surface area contributed by atoms with Crippen molar-refractivity contribution in [3.63, 3.8) is 0 Å². The summed E-state index contributed by atoms with van der Waals surface area (Å²) in [4.78, 5) is 30.6. The SMILES string of the molecule is COc1cc(C(=O)N2CCN(C(=O)c3ccccc3OCc3ccccc3)CC2OC)c(N)cc1OCc1ccccc1. The lowest BCUT2D eigenvalue weighted by atomic mass is 10.1. The molecule has 0 spiro atoms. The lowest BCUT2D eigenvalue weighted by molar-refractivity contribution is -0.0576. The number of nitrogens with two attached hydrogens (primary N) is 1. The van der Waals surface area contributed by atoms with Crippen LogP contribution in [0.15, 0.2) is 97.1 Å². The minimum Gasteiger partial charge on any atom is -0.493 e. The van der Waals surface area contributed by atoms with Crippen LogP contribution in [0.4, 0.5) is 5.69 Å². The molecule has 0 aromatic heterocycles. The summed E-state index contributed by atoms with van der Waals surface area (Å²) in [5.41, 5.74) is 9.31. The largest absolute Gasteiger partial charge is 0.493 e. The molecular weight excluding hydrogens is 546 g/mol. The number of benzene rings is 4. The molecule has 0 radical (unpaired) electrons. The third kappa shape index (κ3) is 6.90. The Labute approximate surface area is 251 Å². The Kier molecular flexibility index (Phi) is 9.43. The van der Waals surface area contributed by atoms with Crippen LogP contribution in [0.3, 0.4) is 0 Å². The number of anilines is 1. The molecule has 4 aromatic carbocycles. The van der Waals surface area contributed by atoms with Gasteiger partial charge in [-0.05, 0) is 29.3 Å². The van der Waals surface area contributed by atoms with Crippen LogP contribution in [0.25, 0.3) is 0 Å². The molecule has 2 amide bonds. The van der Waals surface area contributed by atoms with E-state index in [1.54, 1.807) is 40.1 Å². The Balaban J connectivity index is 1.27. The fourth-order valence-electron chi connectivity index (χ4n) is 4.97. The maximum absolute atomic E-state index is 13.7. The van der Waals surface area contributed by atoms with Crippen LogP contribution in [-0.4, -0.2) is 61.7 Å². The maximum atomic E-state index is 13.7. The number of hydrogen-bond donors (Lipinski definition) is 1. The smallest absolute Gasteiger partial charge is 0.258 e. The number of carbonyl (C=O) groups is 2. The lowest BCUT2D eigenvalue weighted by Crippen LogP contribution is -2.57. The number of ether oxygens (including phenoxy) is 4. The van der Waals surface area contributed by atoms with Crippen LogP contribution in [0.5, 0.6) is 17.2 Å². The number of nitrogen functional groups attached to an aromatic ring is 1. The van der Waals surface area contributed by atoms with Gasteiger partial charge in [0.2, 0.25) is 0 Å². The first-order chi connectivity index (χ1) is 21.0. The van der Waals surface area contributed by atoms with Gasteiger partial charge in [0.15, 0.2) is 11.5 Å². The molecule has 0 saturated carbocycles. The number of amides is 2. The predicted molar refractivity (Wildman–Crippen MR) is 163 cm³/mol. The van der Waals surface area contributed by atoms with Crippen LogP contribution in [0.2, 0.25) is 0 Å². The second kappa shape index (κ2) is 13.8. The number of para-hydroxylation sites is 1. The average Bonchev–Trinajstić information content (AvgIpc) is 3.06. The van der Waals surface area contributed by atoms with E-state index in [0.717, 1.165) is 11.1 Å². The van der Waals surface area contributed by atoms with E-state index in [2.05, 4.69) is 0 Å². The number of rotatable bonds is 10. The summed E-state index contributed by atoms with van der Waals surface area (Å²) in [5, 5.41) is 0. The quantitative estimate of drug-likeness (QED) is 0.263. The molecule has 222 valence electrons. The molecule has 0 bridgehead atoms. The van der Waals surface area contributed by atoms with Crippen LogP contribution in [0.1, 0.15) is 31.8 Å². The summed E-state index contributed by atoms with van der Waals surface area (Å²) in [7, 11) is 3.03. The summed E-state index contributed by atoms with van der Waals surface area (Å²) in [6.07, 6.45) is -0.679. The summed E-state index contributed by atoms with van der Waals surface area (Å²) in [5.74, 6) is 0.809. The molecule has 2 N–H and O–H groups in total. The standard InChI is InChI=1S/C34H35N3O6/c1-40-30-19-27(28(35)20-31(30)43-23-25-13-7-4-8-14-25)34(39)37-18-17-36(21-32(37)41-2)33(38)26-15-9-10-16-29(26)42-22-24-11-5-3-6-12-24/h3-16,19-20,32H,17-18,21-23,35H2,1-2H3. The second-order valence-corrected chi connectivity index (χ2v) is 10.1. The van der Waals surface area contributed by atoms with Crippen LogP contribution < -0.4 is 19.9 Å². The van der Waals surface area contributed by atoms with Crippen molar-refractivity contribution in [3.8, 4) is 17.2 Å². The van der Waals surface area contributed by atoms with E-state index in [9.17, 15) is 9.59 Å². The monoisotopic (exact) mass is 581 g/mol. The van der Waals surface area contributed by atoms with Gasteiger partial charge in [0, 0.05) is 32.0 Å². The Morgan fingerprint density at radius 1 is 0.721 bits per heavy atom. The third-order valence-electron chi connectivity index (χ3n) is 7.31. The van der Waals surface area contributed by atoms with Crippen molar-refractivity contribution in [3.05, 3.63) is 119 Å². The van der Waals surface area contributed by atoms with Crippen molar-refractivity contribution in [2.45, 2.75) is 19.4 Å². The Morgan fingerprint density at radius 2 is 1.33 bits per heavy atom. The Bertz CT molecular complexity index is 1550. The molecule has 1 aliphatic heterocycles. The Morgan fingerprint density at radius 3 is 1.95 bits per heavy atom. The molecule has 9 nitrogen and oxygen atoms in total. The van der Waals surface area contributed by atoms with Gasteiger partial charge in [0.05, 0.1) is 24.8 Å². The molecule has 1 aliphatic rings. The van der Waals surface area contributed by atoms with E-state index in [0.29, 0.717) is 42.6 Å². The molecule has 1 atom stereocenters. The molecule has 1 heterocycles. The molecule has 4 aromatic rings. The van der Waals surface area contributed by atoms with E-state index < -0.39 is 6.23 Å². The number of piperazine rings is 1. The number of nitrogens with zero attached hydrogens (tertiary/aromatic N) is 2. The molecule has 1 unspecified atom stereocenters. The van der Waals surface area contributed by atoms with Crippen LogP contribution in [0, 0.1) is 0 Å². The van der Waals surface area contributed by atoms with Gasteiger partial charge in [-0.25, -0.2) is 0 Å². The van der Waals surface area contributed by atoms with Gasteiger partial charge in [0.25, 0.3) is 11.8 Å². The van der Waals surface area contributed by atoms with Crippen LogP contribution >= 0.6 is 0 Å². The van der Waals surface area contributed by atoms with Crippen molar-refractivity contribution in [1.29, 1.82) is 0 Å². The summed E-state index contributed by atoms with van der Waals surface area (Å²) in [6, 6.07) is 29.8. The molecule has 43 heavy (non-hydrogen) atoms. The first-order valence-corrected chi connectivity index (χ1v) is 14.0. The average molecular weight is 582 g/mol. The van der Waals surface area contributed by atoms with Crippen LogP contribution in [-0.2, 0) is 18.0 Å². The van der Waals surface area contributed by atoms with Gasteiger partial charge in [-0.1, -0.05) is 72.8 Å². The maximum Gasteiger partial charge on any atom is 0.258 e. The highest BCUT2D eigenvalue weighted by molar-refractivity contribution is 6.01. The minimum absolute atomic E-state index is 0.184. The first kappa shape index (κ1) is 29.5. The topological polar surface area (TPSA) is 104 Å². The van der Waals surface area contributed by atoms with Crippen molar-refractivity contribution in [1.82, 2.24) is 9.80 Å². The third-order valence-corrected chi connectivity index (χ3v) is 7.31. The number of methoxy groups -OCH3 is 2. The normalized spacial score (nSPS) is 14.7. The van der Waals surface area contributed by atoms with Gasteiger partial charge >= 0.3 is 0 Å². The summed E-state index contributed by atoms with van der Waals surface area (Å²) in [6.45, 7) is 1.42. The molecule has 9 heteroatoms. The first-order valence-electron chi connectivity index (χ1n) is 14.0. The van der Waals surface area contributed by atoms with E-state index in [4.69, 9.17) is 24.7 Å². The number of hydrogen-bond acceptors (Lipinski definition) is 7. The fourth-order valence-corrected chi connectivity index (χ4v) is 4.97. The van der Waals surface area contributed by atoms with E-state index in [-0.39, 0.29) is 36.2 Å². The highest BCUT2D eigenvalue weighted by atomic mass is 16.5. The molecule has 1 saturated heterocycles. The predicted octanol–water partition coefficient (Wildman–Crippen LogP) is 5.01. The highest BCUT2D eigenvalue weighted by Gasteiger charge is 2.35. The van der Waals surface area contributed by atoms with Gasteiger partial charge in [-0.3, -0.25) is 9.59 Å². The van der Waals surface area contributed by atoms with E-state index in [1.165, 1.54) is 14.2 Å².